The lowest BCUT2D eigenvalue weighted by molar-refractivity contribution is -0.152. The van der Waals surface area contributed by atoms with Gasteiger partial charge in [0, 0.05) is 55.1 Å². The van der Waals surface area contributed by atoms with E-state index in [1.165, 1.54) is 12.1 Å². The quantitative estimate of drug-likeness (QED) is 0.747. The lowest BCUT2D eigenvalue weighted by Gasteiger charge is -2.59. The van der Waals surface area contributed by atoms with Crippen molar-refractivity contribution < 1.29 is 14.0 Å². The van der Waals surface area contributed by atoms with E-state index >= 15 is 0 Å². The van der Waals surface area contributed by atoms with Gasteiger partial charge < -0.3 is 20.4 Å². The molecule has 4 rings (SSSR count). The van der Waals surface area contributed by atoms with Gasteiger partial charge in [-0.05, 0) is 56.1 Å². The van der Waals surface area contributed by atoms with Crippen LogP contribution in [0.2, 0.25) is 5.02 Å². The summed E-state index contributed by atoms with van der Waals surface area (Å²) in [6, 6.07) is 12.6. The van der Waals surface area contributed by atoms with Crippen LogP contribution in [0.3, 0.4) is 0 Å². The van der Waals surface area contributed by atoms with Gasteiger partial charge in [0.2, 0.25) is 5.91 Å². The number of hydrogen-bond acceptors (Lipinski definition) is 4. The highest BCUT2D eigenvalue weighted by atomic mass is 35.5. The molecule has 0 aliphatic carbocycles. The maximum atomic E-state index is 13.9. The number of nitrogens with two attached hydrogens (primary N) is 1. The van der Waals surface area contributed by atoms with Gasteiger partial charge in [-0.2, -0.15) is 0 Å². The van der Waals surface area contributed by atoms with Crippen molar-refractivity contribution in [2.24, 2.45) is 17.6 Å². The van der Waals surface area contributed by atoms with Crippen LogP contribution in [0.5, 0.6) is 0 Å². The van der Waals surface area contributed by atoms with Crippen molar-refractivity contribution in [3.63, 3.8) is 0 Å². The molecule has 2 bridgehead atoms. The van der Waals surface area contributed by atoms with Gasteiger partial charge in [-0.3, -0.25) is 9.59 Å². The fraction of sp³-hybridized carbons (Fsp3) is 0.417. The zero-order chi connectivity index (χ0) is 23.0. The van der Waals surface area contributed by atoms with Crippen molar-refractivity contribution in [1.29, 1.82) is 0 Å². The van der Waals surface area contributed by atoms with Gasteiger partial charge in [-0.1, -0.05) is 23.7 Å². The maximum absolute atomic E-state index is 13.9. The first-order valence-electron chi connectivity index (χ1n) is 10.7. The zero-order valence-electron chi connectivity index (χ0n) is 18.3. The Morgan fingerprint density at radius 2 is 1.50 bits per heavy atom. The molecule has 0 saturated carbocycles. The summed E-state index contributed by atoms with van der Waals surface area (Å²) in [7, 11) is 4.06. The number of likely N-dealkylation sites (tertiary alicyclic amines) is 2. The molecule has 170 valence electrons. The minimum atomic E-state index is -1.15. The van der Waals surface area contributed by atoms with Crippen molar-refractivity contribution in [1.82, 2.24) is 14.7 Å². The highest BCUT2D eigenvalue weighted by Gasteiger charge is 2.61. The molecule has 8 heteroatoms. The Kier molecular flexibility index (Phi) is 6.25. The van der Waals surface area contributed by atoms with Crippen molar-refractivity contribution >= 4 is 23.4 Å². The molecule has 0 atom stereocenters. The summed E-state index contributed by atoms with van der Waals surface area (Å²) in [5, 5.41) is 0.522. The summed E-state index contributed by atoms with van der Waals surface area (Å²) in [6.07, 6.45) is 0. The van der Waals surface area contributed by atoms with Crippen LogP contribution in [-0.4, -0.2) is 72.3 Å². The summed E-state index contributed by atoms with van der Waals surface area (Å²) < 4.78 is 13.5. The standard InChI is InChI=1S/C24H28ClFN4O2/c1-28-12-18-14-29(2)15-19(13-28)24(18,23(27)32)30(11-16-3-9-21(26)10-4-16)22(31)17-5-7-20(25)8-6-17/h3-10,18-19H,11-15H2,1-2H3,(H2,27,32). The van der Waals surface area contributed by atoms with Crippen LogP contribution < -0.4 is 5.73 Å². The number of fused-ring (bicyclic) bond motifs is 2. The van der Waals surface area contributed by atoms with Gasteiger partial charge in [-0.25, -0.2) is 4.39 Å². The van der Waals surface area contributed by atoms with E-state index < -0.39 is 11.4 Å². The highest BCUT2D eigenvalue weighted by molar-refractivity contribution is 6.30. The third-order valence-electron chi connectivity index (χ3n) is 6.80. The number of piperidine rings is 2. The van der Waals surface area contributed by atoms with Crippen LogP contribution in [0.4, 0.5) is 4.39 Å². The maximum Gasteiger partial charge on any atom is 0.255 e. The van der Waals surface area contributed by atoms with Crippen LogP contribution in [0, 0.1) is 17.7 Å². The number of rotatable bonds is 5. The van der Waals surface area contributed by atoms with E-state index in [-0.39, 0.29) is 30.1 Å². The van der Waals surface area contributed by atoms with E-state index in [0.717, 1.165) is 5.56 Å². The van der Waals surface area contributed by atoms with Crippen molar-refractivity contribution in [2.45, 2.75) is 12.1 Å². The molecule has 2 amide bonds. The molecule has 32 heavy (non-hydrogen) atoms. The Labute approximate surface area is 192 Å². The van der Waals surface area contributed by atoms with Gasteiger partial charge in [-0.15, -0.1) is 0 Å². The Morgan fingerprint density at radius 3 is 1.97 bits per heavy atom. The molecule has 0 unspecified atom stereocenters. The van der Waals surface area contributed by atoms with Gasteiger partial charge in [0.05, 0.1) is 0 Å². The molecular weight excluding hydrogens is 431 g/mol. The molecule has 2 aliphatic heterocycles. The lowest BCUT2D eigenvalue weighted by Crippen LogP contribution is -2.77. The minimum Gasteiger partial charge on any atom is -0.368 e. The Morgan fingerprint density at radius 1 is 1.00 bits per heavy atom. The van der Waals surface area contributed by atoms with Crippen LogP contribution in [0.1, 0.15) is 15.9 Å². The number of amides is 2. The number of nitrogens with zero attached hydrogens (tertiary/aromatic N) is 3. The Balaban J connectivity index is 1.84. The fourth-order valence-corrected chi connectivity index (χ4v) is 5.65. The molecule has 2 N–H and O–H groups in total. The predicted octanol–water partition coefficient (Wildman–Crippen LogP) is 2.47. The number of benzene rings is 2. The van der Waals surface area contributed by atoms with Gasteiger partial charge in [0.25, 0.3) is 5.91 Å². The summed E-state index contributed by atoms with van der Waals surface area (Å²) in [5.74, 6) is -1.43. The first-order valence-corrected chi connectivity index (χ1v) is 11.1. The van der Waals surface area contributed by atoms with E-state index in [0.29, 0.717) is 36.8 Å². The number of carbonyl (C=O) groups is 2. The number of halogens is 2. The molecule has 2 aromatic rings. The summed E-state index contributed by atoms with van der Waals surface area (Å²) in [6.45, 7) is 2.76. The fourth-order valence-electron chi connectivity index (χ4n) is 5.53. The van der Waals surface area contributed by atoms with E-state index in [1.54, 1.807) is 41.3 Å². The number of primary amides is 1. The van der Waals surface area contributed by atoms with Crippen LogP contribution in [-0.2, 0) is 11.3 Å². The molecule has 6 nitrogen and oxygen atoms in total. The first-order chi connectivity index (χ1) is 15.2. The normalized spacial score (nSPS) is 26.0. The monoisotopic (exact) mass is 458 g/mol. The van der Waals surface area contributed by atoms with E-state index in [4.69, 9.17) is 17.3 Å². The largest absolute Gasteiger partial charge is 0.368 e. The third-order valence-corrected chi connectivity index (χ3v) is 7.06. The van der Waals surface area contributed by atoms with Crippen molar-refractivity contribution in [2.75, 3.05) is 40.3 Å². The van der Waals surface area contributed by atoms with Crippen LogP contribution in [0.15, 0.2) is 48.5 Å². The van der Waals surface area contributed by atoms with Gasteiger partial charge >= 0.3 is 0 Å². The third kappa shape index (κ3) is 4.00. The first kappa shape index (κ1) is 22.7. The molecule has 2 aromatic carbocycles. The highest BCUT2D eigenvalue weighted by Crippen LogP contribution is 2.43. The SMILES string of the molecule is CN1CC2CN(C)CC(C1)C2(C(N)=O)N(Cc1ccc(F)cc1)C(=O)c1ccc(Cl)cc1. The average Bonchev–Trinajstić information content (AvgIpc) is 2.73. The van der Waals surface area contributed by atoms with Crippen molar-refractivity contribution in [3.8, 4) is 0 Å². The Hall–Kier alpha value is -2.48. The molecule has 2 aliphatic rings. The topological polar surface area (TPSA) is 69.9 Å². The molecule has 0 aromatic heterocycles. The van der Waals surface area contributed by atoms with E-state index in [9.17, 15) is 14.0 Å². The van der Waals surface area contributed by atoms with Crippen LogP contribution >= 0.6 is 11.6 Å². The molecular formula is C24H28ClFN4O2. The molecule has 2 heterocycles. The molecule has 2 saturated heterocycles. The van der Waals surface area contributed by atoms with Crippen LogP contribution in [0.25, 0.3) is 0 Å². The predicted molar refractivity (Wildman–Crippen MR) is 122 cm³/mol. The Bertz CT molecular complexity index is 968. The lowest BCUT2D eigenvalue weighted by atomic mass is 9.65. The summed E-state index contributed by atoms with van der Waals surface area (Å²) in [5.41, 5.74) is 6.17. The van der Waals surface area contributed by atoms with Gasteiger partial charge in [0.1, 0.15) is 11.4 Å². The second kappa shape index (κ2) is 8.81. The number of hydrogen-bond donors (Lipinski definition) is 1. The zero-order valence-corrected chi connectivity index (χ0v) is 19.1. The minimum absolute atomic E-state index is 0.154. The number of carbonyl (C=O) groups excluding carboxylic acids is 2. The van der Waals surface area contributed by atoms with Crippen molar-refractivity contribution in [3.05, 3.63) is 70.5 Å². The smallest absolute Gasteiger partial charge is 0.255 e. The van der Waals surface area contributed by atoms with Gasteiger partial charge in [0.15, 0.2) is 0 Å². The summed E-state index contributed by atoms with van der Waals surface area (Å²) >= 11 is 6.03. The van der Waals surface area contributed by atoms with E-state index in [2.05, 4.69) is 9.80 Å². The molecule has 0 spiro atoms. The second-order valence-electron chi connectivity index (χ2n) is 9.05. The molecule has 2 fully saturated rings. The molecule has 0 radical (unpaired) electrons. The second-order valence-corrected chi connectivity index (χ2v) is 9.49. The summed E-state index contributed by atoms with van der Waals surface area (Å²) in [4.78, 5) is 33.2. The average molecular weight is 459 g/mol. The van der Waals surface area contributed by atoms with E-state index in [1.807, 2.05) is 14.1 Å².